The lowest BCUT2D eigenvalue weighted by molar-refractivity contribution is 0.265. The number of hydrogen-bond donors (Lipinski definition) is 1. The summed E-state index contributed by atoms with van der Waals surface area (Å²) < 4.78 is 12.0. The second-order valence-corrected chi connectivity index (χ2v) is 7.02. The van der Waals surface area contributed by atoms with Gasteiger partial charge in [-0.25, -0.2) is 0 Å². The zero-order valence-electron chi connectivity index (χ0n) is 15.9. The van der Waals surface area contributed by atoms with Crippen LogP contribution >= 0.6 is 0 Å². The third-order valence-electron chi connectivity index (χ3n) is 5.02. The quantitative estimate of drug-likeness (QED) is 0.638. The van der Waals surface area contributed by atoms with Crippen LogP contribution in [0.2, 0.25) is 0 Å². The molecule has 1 fully saturated rings. The molecule has 1 aliphatic carbocycles. The Morgan fingerprint density at radius 3 is 2.38 bits per heavy atom. The van der Waals surface area contributed by atoms with E-state index in [1.807, 2.05) is 31.2 Å². The van der Waals surface area contributed by atoms with Crippen molar-refractivity contribution >= 4 is 0 Å². The molecule has 1 N–H and O–H groups in total. The minimum absolute atomic E-state index is 0.557. The minimum atomic E-state index is 0.557. The lowest BCUT2D eigenvalue weighted by Gasteiger charge is -2.20. The van der Waals surface area contributed by atoms with Crippen LogP contribution in [-0.4, -0.2) is 12.6 Å². The largest absolute Gasteiger partial charge is 0.490 e. The van der Waals surface area contributed by atoms with Crippen molar-refractivity contribution in [3.63, 3.8) is 0 Å². The maximum Gasteiger partial charge on any atom is 0.166 e. The molecule has 0 atom stereocenters. The number of hydrogen-bond acceptors (Lipinski definition) is 3. The SMILES string of the molecule is CCOc1cccc(CNC2CCCCCC2)c1OCc1ccccc1. The molecule has 0 heterocycles. The Morgan fingerprint density at radius 2 is 1.65 bits per heavy atom. The molecule has 140 valence electrons. The van der Waals surface area contributed by atoms with Crippen LogP contribution in [0.1, 0.15) is 56.6 Å². The number of para-hydroxylation sites is 1. The van der Waals surface area contributed by atoms with E-state index in [-0.39, 0.29) is 0 Å². The first-order chi connectivity index (χ1) is 12.9. The van der Waals surface area contributed by atoms with E-state index in [1.165, 1.54) is 49.7 Å². The van der Waals surface area contributed by atoms with Gasteiger partial charge in [-0.2, -0.15) is 0 Å². The van der Waals surface area contributed by atoms with E-state index in [9.17, 15) is 0 Å². The molecule has 0 aliphatic heterocycles. The highest BCUT2D eigenvalue weighted by Crippen LogP contribution is 2.32. The van der Waals surface area contributed by atoms with Gasteiger partial charge in [0.1, 0.15) is 6.61 Å². The molecule has 3 heteroatoms. The molecule has 2 aromatic carbocycles. The second-order valence-electron chi connectivity index (χ2n) is 7.02. The van der Waals surface area contributed by atoms with Gasteiger partial charge < -0.3 is 14.8 Å². The van der Waals surface area contributed by atoms with Gasteiger partial charge in [0.2, 0.25) is 0 Å². The Labute approximate surface area is 157 Å². The summed E-state index contributed by atoms with van der Waals surface area (Å²) in [4.78, 5) is 0. The minimum Gasteiger partial charge on any atom is -0.490 e. The fraction of sp³-hybridized carbons (Fsp3) is 0.478. The number of nitrogens with one attached hydrogen (secondary N) is 1. The van der Waals surface area contributed by atoms with Crippen molar-refractivity contribution in [2.45, 2.75) is 64.6 Å². The van der Waals surface area contributed by atoms with Crippen LogP contribution in [-0.2, 0) is 13.2 Å². The van der Waals surface area contributed by atoms with Crippen LogP contribution in [0.4, 0.5) is 0 Å². The van der Waals surface area contributed by atoms with Gasteiger partial charge in [-0.3, -0.25) is 0 Å². The summed E-state index contributed by atoms with van der Waals surface area (Å²) in [6.07, 6.45) is 8.01. The van der Waals surface area contributed by atoms with Crippen molar-refractivity contribution in [3.8, 4) is 11.5 Å². The highest BCUT2D eigenvalue weighted by molar-refractivity contribution is 5.46. The summed E-state index contributed by atoms with van der Waals surface area (Å²) in [7, 11) is 0. The van der Waals surface area contributed by atoms with E-state index in [4.69, 9.17) is 9.47 Å². The van der Waals surface area contributed by atoms with Crippen molar-refractivity contribution < 1.29 is 9.47 Å². The molecule has 1 saturated carbocycles. The van der Waals surface area contributed by atoms with Gasteiger partial charge in [0.15, 0.2) is 11.5 Å². The van der Waals surface area contributed by atoms with E-state index in [0.29, 0.717) is 19.3 Å². The van der Waals surface area contributed by atoms with Gasteiger partial charge in [-0.15, -0.1) is 0 Å². The molecule has 3 rings (SSSR count). The smallest absolute Gasteiger partial charge is 0.166 e. The fourth-order valence-corrected chi connectivity index (χ4v) is 3.60. The van der Waals surface area contributed by atoms with E-state index in [0.717, 1.165) is 18.0 Å². The average molecular weight is 354 g/mol. The zero-order chi connectivity index (χ0) is 18.0. The predicted octanol–water partition coefficient (Wildman–Crippen LogP) is 5.48. The Balaban J connectivity index is 1.69. The Hall–Kier alpha value is -2.00. The molecular weight excluding hydrogens is 322 g/mol. The highest BCUT2D eigenvalue weighted by atomic mass is 16.5. The first-order valence-corrected chi connectivity index (χ1v) is 10.0. The normalized spacial score (nSPS) is 15.4. The topological polar surface area (TPSA) is 30.5 Å². The van der Waals surface area contributed by atoms with Crippen LogP contribution in [0.3, 0.4) is 0 Å². The van der Waals surface area contributed by atoms with Crippen molar-refractivity contribution in [2.24, 2.45) is 0 Å². The molecule has 0 radical (unpaired) electrons. The molecule has 3 nitrogen and oxygen atoms in total. The van der Waals surface area contributed by atoms with Gasteiger partial charge in [0, 0.05) is 18.2 Å². The van der Waals surface area contributed by atoms with Crippen LogP contribution in [0.25, 0.3) is 0 Å². The summed E-state index contributed by atoms with van der Waals surface area (Å²) >= 11 is 0. The molecule has 0 spiro atoms. The van der Waals surface area contributed by atoms with Crippen molar-refractivity contribution in [3.05, 3.63) is 59.7 Å². The molecular formula is C23H31NO2. The molecule has 2 aromatic rings. The number of benzene rings is 2. The maximum atomic E-state index is 6.21. The van der Waals surface area contributed by atoms with E-state index in [2.05, 4.69) is 29.6 Å². The van der Waals surface area contributed by atoms with Crippen LogP contribution < -0.4 is 14.8 Å². The summed E-state index contributed by atoms with van der Waals surface area (Å²) in [6.45, 7) is 4.04. The van der Waals surface area contributed by atoms with Gasteiger partial charge in [-0.05, 0) is 31.4 Å². The fourth-order valence-electron chi connectivity index (χ4n) is 3.60. The van der Waals surface area contributed by atoms with Crippen LogP contribution in [0.5, 0.6) is 11.5 Å². The molecule has 1 aliphatic rings. The van der Waals surface area contributed by atoms with Crippen LogP contribution in [0.15, 0.2) is 48.5 Å². The van der Waals surface area contributed by atoms with E-state index < -0.39 is 0 Å². The Morgan fingerprint density at radius 1 is 0.885 bits per heavy atom. The molecule has 0 saturated heterocycles. The standard InChI is InChI=1S/C23H31NO2/c1-2-25-22-16-10-13-20(17-24-21-14-8-3-4-9-15-21)23(22)26-18-19-11-6-5-7-12-19/h5-7,10-13,16,21,24H,2-4,8-9,14-15,17-18H2,1H3. The number of rotatable bonds is 8. The zero-order valence-corrected chi connectivity index (χ0v) is 15.9. The van der Waals surface area contributed by atoms with Gasteiger partial charge in [0.25, 0.3) is 0 Å². The van der Waals surface area contributed by atoms with Crippen molar-refractivity contribution in [1.82, 2.24) is 5.32 Å². The summed E-state index contributed by atoms with van der Waals surface area (Å²) in [5.74, 6) is 1.71. The van der Waals surface area contributed by atoms with Gasteiger partial charge in [0.05, 0.1) is 6.61 Å². The van der Waals surface area contributed by atoms with Gasteiger partial charge >= 0.3 is 0 Å². The Kier molecular flexibility index (Phi) is 7.38. The van der Waals surface area contributed by atoms with Crippen molar-refractivity contribution in [1.29, 1.82) is 0 Å². The third-order valence-corrected chi connectivity index (χ3v) is 5.02. The monoisotopic (exact) mass is 353 g/mol. The number of ether oxygens (including phenoxy) is 2. The first kappa shape index (κ1) is 18.8. The molecule has 26 heavy (non-hydrogen) atoms. The molecule has 0 aromatic heterocycles. The third kappa shape index (κ3) is 5.50. The highest BCUT2D eigenvalue weighted by Gasteiger charge is 2.15. The molecule has 0 bridgehead atoms. The van der Waals surface area contributed by atoms with E-state index in [1.54, 1.807) is 0 Å². The average Bonchev–Trinajstić information content (AvgIpc) is 2.95. The van der Waals surface area contributed by atoms with Gasteiger partial charge in [-0.1, -0.05) is 68.1 Å². The van der Waals surface area contributed by atoms with E-state index >= 15 is 0 Å². The van der Waals surface area contributed by atoms with Crippen molar-refractivity contribution in [2.75, 3.05) is 6.61 Å². The summed E-state index contributed by atoms with van der Waals surface area (Å²) in [6, 6.07) is 17.1. The predicted molar refractivity (Wildman–Crippen MR) is 107 cm³/mol. The van der Waals surface area contributed by atoms with Crippen LogP contribution in [0, 0.1) is 0 Å². The molecule has 0 amide bonds. The first-order valence-electron chi connectivity index (χ1n) is 10.0. The second kappa shape index (κ2) is 10.2. The lowest BCUT2D eigenvalue weighted by Crippen LogP contribution is -2.28. The summed E-state index contributed by atoms with van der Waals surface area (Å²) in [5.41, 5.74) is 2.35. The maximum absolute atomic E-state index is 6.21. The summed E-state index contributed by atoms with van der Waals surface area (Å²) in [5, 5.41) is 3.75. The Bertz CT molecular complexity index is 649. The lowest BCUT2D eigenvalue weighted by atomic mass is 10.1. The molecule has 0 unspecified atom stereocenters.